The van der Waals surface area contributed by atoms with Gasteiger partial charge in [-0.15, -0.1) is 0 Å². The number of hydrogen-bond acceptors (Lipinski definition) is 4. The summed E-state index contributed by atoms with van der Waals surface area (Å²) < 4.78 is 57.5. The van der Waals surface area contributed by atoms with Crippen LogP contribution in [0.5, 0.6) is 11.5 Å². The van der Waals surface area contributed by atoms with Crippen LogP contribution in [-0.2, 0) is 14.8 Å². The molecule has 0 aromatic heterocycles. The predicted octanol–water partition coefficient (Wildman–Crippen LogP) is 4.16. The van der Waals surface area contributed by atoms with Gasteiger partial charge in [0.1, 0.15) is 29.7 Å². The second-order valence-corrected chi connectivity index (χ2v) is 8.26. The predicted molar refractivity (Wildman–Crippen MR) is 110 cm³/mol. The molecule has 0 atom stereocenters. The molecule has 0 bridgehead atoms. The van der Waals surface area contributed by atoms with Gasteiger partial charge in [-0.25, -0.2) is 17.2 Å². The topological polar surface area (TPSA) is 75.7 Å². The van der Waals surface area contributed by atoms with Crippen molar-refractivity contribution in [1.82, 2.24) is 0 Å². The molecular formula is C21H18F2N2O4S. The summed E-state index contributed by atoms with van der Waals surface area (Å²) in [5.41, 5.74) is -0.0194. The molecule has 30 heavy (non-hydrogen) atoms. The fourth-order valence-corrected chi connectivity index (χ4v) is 3.48. The van der Waals surface area contributed by atoms with E-state index < -0.39 is 39.8 Å². The molecule has 6 nitrogen and oxygen atoms in total. The number of amides is 1. The molecule has 9 heteroatoms. The fraction of sp³-hybridized carbons (Fsp3) is 0.0952. The Morgan fingerprint density at radius 3 is 2.20 bits per heavy atom. The Hall–Kier alpha value is -3.46. The van der Waals surface area contributed by atoms with Crippen LogP contribution in [0.1, 0.15) is 0 Å². The second-order valence-electron chi connectivity index (χ2n) is 6.35. The van der Waals surface area contributed by atoms with Crippen LogP contribution in [0.4, 0.5) is 20.2 Å². The van der Waals surface area contributed by atoms with Gasteiger partial charge < -0.3 is 10.1 Å². The molecule has 0 radical (unpaired) electrons. The lowest BCUT2D eigenvalue weighted by Crippen LogP contribution is -2.38. The van der Waals surface area contributed by atoms with E-state index in [9.17, 15) is 22.0 Å². The molecule has 0 aliphatic heterocycles. The minimum absolute atomic E-state index is 0.397. The summed E-state index contributed by atoms with van der Waals surface area (Å²) in [5.74, 6) is -1.44. The van der Waals surface area contributed by atoms with Crippen LogP contribution in [0.3, 0.4) is 0 Å². The zero-order valence-corrected chi connectivity index (χ0v) is 16.7. The lowest BCUT2D eigenvalue weighted by molar-refractivity contribution is -0.114. The van der Waals surface area contributed by atoms with Gasteiger partial charge >= 0.3 is 0 Å². The van der Waals surface area contributed by atoms with E-state index in [0.717, 1.165) is 18.4 Å². The highest BCUT2D eigenvalue weighted by molar-refractivity contribution is 7.92. The zero-order valence-electron chi connectivity index (χ0n) is 15.9. The van der Waals surface area contributed by atoms with Crippen LogP contribution < -0.4 is 14.4 Å². The number of carbonyl (C=O) groups is 1. The highest BCUT2D eigenvalue weighted by Crippen LogP contribution is 2.24. The van der Waals surface area contributed by atoms with E-state index in [2.05, 4.69) is 5.32 Å². The molecule has 0 heterocycles. The van der Waals surface area contributed by atoms with Gasteiger partial charge in [0.2, 0.25) is 15.9 Å². The molecule has 1 amide bonds. The Morgan fingerprint density at radius 1 is 0.967 bits per heavy atom. The third-order valence-corrected chi connectivity index (χ3v) is 5.11. The normalized spacial score (nSPS) is 11.0. The average Bonchev–Trinajstić information content (AvgIpc) is 2.68. The SMILES string of the molecule is CS(=O)(=O)N(CC(=O)Nc1ccc(Oc2ccccc2)cc1)c1ccc(F)cc1F. The van der Waals surface area contributed by atoms with Crippen LogP contribution in [-0.4, -0.2) is 27.1 Å². The first-order valence-corrected chi connectivity index (χ1v) is 10.6. The Balaban J connectivity index is 1.69. The first kappa shape index (κ1) is 21.3. The number of benzene rings is 3. The smallest absolute Gasteiger partial charge is 0.245 e. The van der Waals surface area contributed by atoms with Crippen LogP contribution in [0.25, 0.3) is 0 Å². The summed E-state index contributed by atoms with van der Waals surface area (Å²) in [5, 5.41) is 2.54. The molecule has 1 N–H and O–H groups in total. The van der Waals surface area contributed by atoms with Crippen molar-refractivity contribution < 1.29 is 26.7 Å². The average molecular weight is 432 g/mol. The Morgan fingerprint density at radius 2 is 1.60 bits per heavy atom. The third kappa shape index (κ3) is 5.54. The maximum atomic E-state index is 14.0. The van der Waals surface area contributed by atoms with Crippen LogP contribution in [0.15, 0.2) is 72.8 Å². The van der Waals surface area contributed by atoms with E-state index in [1.165, 1.54) is 0 Å². The quantitative estimate of drug-likeness (QED) is 0.608. The summed E-state index contributed by atoms with van der Waals surface area (Å²) in [6, 6.07) is 18.0. The van der Waals surface area contributed by atoms with Gasteiger partial charge in [0.15, 0.2) is 0 Å². The summed E-state index contributed by atoms with van der Waals surface area (Å²) in [4.78, 5) is 12.4. The molecule has 0 unspecified atom stereocenters. The van der Waals surface area contributed by atoms with Crippen molar-refractivity contribution in [2.75, 3.05) is 22.4 Å². The molecule has 0 fully saturated rings. The van der Waals surface area contributed by atoms with E-state index in [4.69, 9.17) is 4.74 Å². The number of para-hydroxylation sites is 1. The van der Waals surface area contributed by atoms with E-state index >= 15 is 0 Å². The van der Waals surface area contributed by atoms with Gasteiger partial charge in [-0.05, 0) is 48.5 Å². The molecule has 3 aromatic rings. The van der Waals surface area contributed by atoms with Gasteiger partial charge in [-0.2, -0.15) is 0 Å². The third-order valence-electron chi connectivity index (χ3n) is 3.98. The standard InChI is InChI=1S/C21H18F2N2O4S/c1-30(27,28)25(20-12-7-15(22)13-19(20)23)14-21(26)24-16-8-10-18(11-9-16)29-17-5-3-2-4-6-17/h2-13H,14H2,1H3,(H,24,26). The van der Waals surface area contributed by atoms with Gasteiger partial charge in [0.05, 0.1) is 11.9 Å². The molecule has 156 valence electrons. The molecule has 0 aliphatic rings. The largest absolute Gasteiger partial charge is 0.457 e. The highest BCUT2D eigenvalue weighted by Gasteiger charge is 2.24. The van der Waals surface area contributed by atoms with Gasteiger partial charge in [0, 0.05) is 11.8 Å². The minimum atomic E-state index is -3.99. The number of nitrogens with zero attached hydrogens (tertiary/aromatic N) is 1. The van der Waals surface area contributed by atoms with Crippen molar-refractivity contribution in [2.24, 2.45) is 0 Å². The number of carbonyl (C=O) groups excluding carboxylic acids is 1. The Labute approximate surface area is 172 Å². The van der Waals surface area contributed by atoms with E-state index in [0.29, 0.717) is 27.6 Å². The lowest BCUT2D eigenvalue weighted by Gasteiger charge is -2.22. The van der Waals surface area contributed by atoms with Gasteiger partial charge in [0.25, 0.3) is 0 Å². The summed E-state index contributed by atoms with van der Waals surface area (Å²) in [6.45, 7) is -0.677. The van der Waals surface area contributed by atoms with Crippen molar-refractivity contribution in [1.29, 1.82) is 0 Å². The lowest BCUT2D eigenvalue weighted by atomic mass is 10.3. The summed E-state index contributed by atoms with van der Waals surface area (Å²) in [6.07, 6.45) is 0.832. The molecular weight excluding hydrogens is 414 g/mol. The molecule has 0 saturated carbocycles. The minimum Gasteiger partial charge on any atom is -0.457 e. The van der Waals surface area contributed by atoms with E-state index in [-0.39, 0.29) is 0 Å². The van der Waals surface area contributed by atoms with Gasteiger partial charge in [-0.3, -0.25) is 9.10 Å². The van der Waals surface area contributed by atoms with E-state index in [1.807, 2.05) is 18.2 Å². The maximum Gasteiger partial charge on any atom is 0.245 e. The molecule has 0 spiro atoms. The first-order chi connectivity index (χ1) is 14.2. The zero-order chi connectivity index (χ0) is 21.7. The second kappa shape index (κ2) is 8.91. The highest BCUT2D eigenvalue weighted by atomic mass is 32.2. The van der Waals surface area contributed by atoms with Crippen LogP contribution >= 0.6 is 0 Å². The van der Waals surface area contributed by atoms with Crippen molar-refractivity contribution in [3.63, 3.8) is 0 Å². The van der Waals surface area contributed by atoms with Crippen molar-refractivity contribution >= 4 is 27.3 Å². The fourth-order valence-electron chi connectivity index (χ4n) is 2.63. The number of rotatable bonds is 7. The number of hydrogen-bond donors (Lipinski definition) is 1. The Kier molecular flexibility index (Phi) is 6.31. The van der Waals surface area contributed by atoms with Crippen LogP contribution in [0.2, 0.25) is 0 Å². The van der Waals surface area contributed by atoms with Crippen molar-refractivity contribution in [2.45, 2.75) is 0 Å². The summed E-state index contributed by atoms with van der Waals surface area (Å²) in [7, 11) is -3.99. The molecule has 0 aliphatic carbocycles. The van der Waals surface area contributed by atoms with Crippen molar-refractivity contribution in [3.8, 4) is 11.5 Å². The van der Waals surface area contributed by atoms with Crippen molar-refractivity contribution in [3.05, 3.63) is 84.4 Å². The van der Waals surface area contributed by atoms with E-state index in [1.54, 1.807) is 36.4 Å². The maximum absolute atomic E-state index is 14.0. The molecule has 3 aromatic carbocycles. The number of nitrogens with one attached hydrogen (secondary N) is 1. The number of sulfonamides is 1. The molecule has 3 rings (SSSR count). The van der Waals surface area contributed by atoms with Gasteiger partial charge in [-0.1, -0.05) is 18.2 Å². The number of anilines is 2. The number of ether oxygens (including phenoxy) is 1. The summed E-state index contributed by atoms with van der Waals surface area (Å²) >= 11 is 0. The van der Waals surface area contributed by atoms with Crippen LogP contribution in [0, 0.1) is 11.6 Å². The molecule has 0 saturated heterocycles. The first-order valence-electron chi connectivity index (χ1n) is 8.78. The monoisotopic (exact) mass is 432 g/mol. The Bertz CT molecular complexity index is 1140. The number of halogens is 2.